The van der Waals surface area contributed by atoms with Gasteiger partial charge in [0.2, 0.25) is 0 Å². The number of aryl methyl sites for hydroxylation is 1. The van der Waals surface area contributed by atoms with E-state index < -0.39 is 35.9 Å². The quantitative estimate of drug-likeness (QED) is 0.579. The standard InChI is InChI=1S/C11H13N3O5/c1-6-4-14(10(17)13-9(6)16)8-3-11(18,12-2)7(5-15)19-8/h4,7-8,15,18H,3,5H2,1H3,(H,13,16,17)/t7-,8-,11+/m1/s1. The third-order valence-corrected chi connectivity index (χ3v) is 3.13. The minimum atomic E-state index is -1.87. The second kappa shape index (κ2) is 4.62. The van der Waals surface area contributed by atoms with Gasteiger partial charge in [0.05, 0.1) is 6.61 Å². The fourth-order valence-corrected chi connectivity index (χ4v) is 2.01. The second-order valence-electron chi connectivity index (χ2n) is 4.44. The van der Waals surface area contributed by atoms with Gasteiger partial charge in [-0.3, -0.25) is 19.2 Å². The Morgan fingerprint density at radius 2 is 2.37 bits per heavy atom. The summed E-state index contributed by atoms with van der Waals surface area (Å²) in [5.41, 5.74) is -2.75. The molecule has 0 radical (unpaired) electrons. The molecular formula is C11H13N3O5. The van der Waals surface area contributed by atoms with Crippen molar-refractivity contribution in [2.24, 2.45) is 0 Å². The number of rotatable bonds is 2. The van der Waals surface area contributed by atoms with Crippen LogP contribution in [-0.2, 0) is 4.74 Å². The van der Waals surface area contributed by atoms with Gasteiger partial charge >= 0.3 is 11.4 Å². The van der Waals surface area contributed by atoms with E-state index in [-0.39, 0.29) is 6.42 Å². The van der Waals surface area contributed by atoms with Crippen molar-refractivity contribution in [1.82, 2.24) is 9.55 Å². The minimum Gasteiger partial charge on any atom is -0.393 e. The maximum atomic E-state index is 11.7. The molecule has 2 rings (SSSR count). The largest absolute Gasteiger partial charge is 0.393 e. The molecule has 3 N–H and O–H groups in total. The molecule has 1 aliphatic rings. The molecule has 0 bridgehead atoms. The first kappa shape index (κ1) is 13.5. The van der Waals surface area contributed by atoms with Crippen molar-refractivity contribution < 1.29 is 14.9 Å². The number of aromatic amines is 1. The highest BCUT2D eigenvalue weighted by atomic mass is 16.5. The summed E-state index contributed by atoms with van der Waals surface area (Å²) in [5.74, 6) is 0. The lowest BCUT2D eigenvalue weighted by atomic mass is 10.1. The van der Waals surface area contributed by atoms with Crippen molar-refractivity contribution in [2.45, 2.75) is 31.4 Å². The van der Waals surface area contributed by atoms with Gasteiger partial charge in [0, 0.05) is 11.8 Å². The average molecular weight is 267 g/mol. The van der Waals surface area contributed by atoms with Crippen molar-refractivity contribution in [2.75, 3.05) is 6.61 Å². The molecule has 1 aromatic heterocycles. The van der Waals surface area contributed by atoms with E-state index in [1.165, 1.54) is 13.1 Å². The molecule has 8 nitrogen and oxygen atoms in total. The summed E-state index contributed by atoms with van der Waals surface area (Å²) < 4.78 is 6.41. The number of hydrogen-bond acceptors (Lipinski definition) is 5. The minimum absolute atomic E-state index is 0.160. The summed E-state index contributed by atoms with van der Waals surface area (Å²) in [6.45, 7) is 7.94. The number of H-pyrrole nitrogens is 1. The summed E-state index contributed by atoms with van der Waals surface area (Å²) >= 11 is 0. The van der Waals surface area contributed by atoms with Crippen molar-refractivity contribution in [3.05, 3.63) is 44.0 Å². The molecule has 0 amide bonds. The van der Waals surface area contributed by atoms with Crippen LogP contribution in [0.4, 0.5) is 0 Å². The van der Waals surface area contributed by atoms with Crippen LogP contribution in [0, 0.1) is 13.5 Å². The van der Waals surface area contributed by atoms with Gasteiger partial charge in [-0.2, -0.15) is 0 Å². The summed E-state index contributed by atoms with van der Waals surface area (Å²) in [6.07, 6.45) is -0.850. The SMILES string of the molecule is [C-]#[N+][C@]1(O)C[C@H](n2cc(C)c(=O)[nH]c2=O)O[C@@H]1CO. The molecule has 1 aromatic rings. The number of hydrogen-bond donors (Lipinski definition) is 3. The van der Waals surface area contributed by atoms with E-state index in [1.807, 2.05) is 0 Å². The summed E-state index contributed by atoms with van der Waals surface area (Å²) in [7, 11) is 0. The molecule has 0 saturated carbocycles. The predicted molar refractivity (Wildman–Crippen MR) is 63.2 cm³/mol. The van der Waals surface area contributed by atoms with Crippen LogP contribution in [-0.4, -0.2) is 38.2 Å². The Balaban J connectivity index is 2.41. The van der Waals surface area contributed by atoms with Crippen LogP contribution < -0.4 is 11.2 Å². The van der Waals surface area contributed by atoms with Crippen LogP contribution >= 0.6 is 0 Å². The van der Waals surface area contributed by atoms with Crippen LogP contribution in [0.3, 0.4) is 0 Å². The number of nitrogens with one attached hydrogen (secondary N) is 1. The molecule has 3 atom stereocenters. The Labute approximate surface area is 107 Å². The van der Waals surface area contributed by atoms with Gasteiger partial charge in [-0.25, -0.2) is 11.4 Å². The predicted octanol–water partition coefficient (Wildman–Crippen LogP) is -1.27. The number of ether oxygens (including phenoxy) is 1. The number of aliphatic hydroxyl groups is 2. The maximum Gasteiger partial charge on any atom is 0.367 e. The van der Waals surface area contributed by atoms with Gasteiger partial charge in [0.1, 0.15) is 12.6 Å². The van der Waals surface area contributed by atoms with E-state index >= 15 is 0 Å². The van der Waals surface area contributed by atoms with Crippen LogP contribution in [0.25, 0.3) is 4.85 Å². The lowest BCUT2D eigenvalue weighted by molar-refractivity contribution is -0.0662. The third kappa shape index (κ3) is 2.19. The zero-order valence-electron chi connectivity index (χ0n) is 10.2. The summed E-state index contributed by atoms with van der Waals surface area (Å²) in [5, 5.41) is 19.1. The van der Waals surface area contributed by atoms with Gasteiger partial charge < -0.3 is 14.9 Å². The molecule has 19 heavy (non-hydrogen) atoms. The van der Waals surface area contributed by atoms with E-state index in [1.54, 1.807) is 0 Å². The van der Waals surface area contributed by atoms with Gasteiger partial charge in [-0.15, -0.1) is 0 Å². The second-order valence-corrected chi connectivity index (χ2v) is 4.44. The van der Waals surface area contributed by atoms with E-state index in [0.717, 1.165) is 4.57 Å². The first-order chi connectivity index (χ1) is 8.91. The fraction of sp³-hybridized carbons (Fsp3) is 0.545. The Morgan fingerprint density at radius 1 is 1.68 bits per heavy atom. The Morgan fingerprint density at radius 3 is 2.89 bits per heavy atom. The number of aliphatic hydroxyl groups excluding tert-OH is 1. The molecule has 2 heterocycles. The summed E-state index contributed by atoms with van der Waals surface area (Å²) in [4.78, 5) is 28.1. The molecule has 0 unspecified atom stereocenters. The zero-order chi connectivity index (χ0) is 14.2. The molecule has 0 aromatic carbocycles. The van der Waals surface area contributed by atoms with Gasteiger partial charge in [-0.1, -0.05) is 0 Å². The molecular weight excluding hydrogens is 254 g/mol. The van der Waals surface area contributed by atoms with E-state index in [2.05, 4.69) is 9.83 Å². The van der Waals surface area contributed by atoms with Crippen LogP contribution in [0.5, 0.6) is 0 Å². The highest BCUT2D eigenvalue weighted by Gasteiger charge is 2.54. The highest BCUT2D eigenvalue weighted by Crippen LogP contribution is 2.36. The highest BCUT2D eigenvalue weighted by molar-refractivity contribution is 5.05. The Kier molecular flexibility index (Phi) is 3.28. The third-order valence-electron chi connectivity index (χ3n) is 3.13. The van der Waals surface area contributed by atoms with E-state index in [9.17, 15) is 14.7 Å². The van der Waals surface area contributed by atoms with Gasteiger partial charge in [0.15, 0.2) is 6.10 Å². The van der Waals surface area contributed by atoms with Gasteiger partial charge in [-0.05, 0) is 6.92 Å². The van der Waals surface area contributed by atoms with Crippen molar-refractivity contribution in [3.8, 4) is 0 Å². The fourth-order valence-electron chi connectivity index (χ4n) is 2.01. The Bertz CT molecular complexity index is 643. The van der Waals surface area contributed by atoms with E-state index in [4.69, 9.17) is 16.4 Å². The van der Waals surface area contributed by atoms with E-state index in [0.29, 0.717) is 5.56 Å². The average Bonchev–Trinajstić information content (AvgIpc) is 2.71. The van der Waals surface area contributed by atoms with Crippen molar-refractivity contribution in [3.63, 3.8) is 0 Å². The lowest BCUT2D eigenvalue weighted by Crippen LogP contribution is -2.37. The monoisotopic (exact) mass is 267 g/mol. The smallest absolute Gasteiger partial charge is 0.367 e. The molecule has 102 valence electrons. The van der Waals surface area contributed by atoms with Crippen molar-refractivity contribution in [1.29, 1.82) is 0 Å². The van der Waals surface area contributed by atoms with Gasteiger partial charge in [0.25, 0.3) is 5.56 Å². The number of aromatic nitrogens is 2. The lowest BCUT2D eigenvalue weighted by Gasteiger charge is -2.13. The summed E-state index contributed by atoms with van der Waals surface area (Å²) in [6, 6.07) is 0. The topological polar surface area (TPSA) is 109 Å². The zero-order valence-corrected chi connectivity index (χ0v) is 10.2. The molecule has 1 fully saturated rings. The molecule has 1 aliphatic heterocycles. The molecule has 8 heteroatoms. The molecule has 1 saturated heterocycles. The first-order valence-electron chi connectivity index (χ1n) is 5.60. The van der Waals surface area contributed by atoms with Crippen molar-refractivity contribution >= 4 is 0 Å². The Hall–Kier alpha value is -1.95. The first-order valence-corrected chi connectivity index (χ1v) is 5.60. The van der Waals surface area contributed by atoms with Crippen LogP contribution in [0.15, 0.2) is 15.8 Å². The molecule has 0 aliphatic carbocycles. The normalized spacial score (nSPS) is 30.2. The maximum absolute atomic E-state index is 11.7. The number of nitrogens with zero attached hydrogens (tertiary/aromatic N) is 2. The molecule has 0 spiro atoms. The van der Waals surface area contributed by atoms with Crippen LogP contribution in [0.1, 0.15) is 18.2 Å². The van der Waals surface area contributed by atoms with Crippen LogP contribution in [0.2, 0.25) is 0 Å².